The van der Waals surface area contributed by atoms with Crippen LogP contribution in [0.1, 0.15) is 34.1 Å². The van der Waals surface area contributed by atoms with Crippen molar-refractivity contribution in [3.63, 3.8) is 0 Å². The lowest BCUT2D eigenvalue weighted by molar-refractivity contribution is -0.122. The van der Waals surface area contributed by atoms with Gasteiger partial charge in [-0.3, -0.25) is 4.79 Å². The first-order chi connectivity index (χ1) is 10.3. The van der Waals surface area contributed by atoms with Crippen LogP contribution in [0.5, 0.6) is 11.5 Å². The number of ether oxygens (including phenoxy) is 2. The van der Waals surface area contributed by atoms with Gasteiger partial charge >= 0.3 is 0 Å². The summed E-state index contributed by atoms with van der Waals surface area (Å²) in [6.07, 6.45) is 0.954. The third kappa shape index (κ3) is 2.98. The van der Waals surface area contributed by atoms with Crippen LogP contribution in [0.2, 0.25) is 0 Å². The lowest BCUT2D eigenvalue weighted by atomic mass is 9.97. The third-order valence-electron chi connectivity index (χ3n) is 3.95. The Bertz CT molecular complexity index is 567. The molecule has 0 spiro atoms. The van der Waals surface area contributed by atoms with Crippen molar-refractivity contribution < 1.29 is 14.3 Å². The van der Waals surface area contributed by atoms with Crippen LogP contribution >= 0.6 is 0 Å². The molecule has 5 nitrogen and oxygen atoms in total. The van der Waals surface area contributed by atoms with E-state index in [1.54, 1.807) is 14.2 Å². The van der Waals surface area contributed by atoms with E-state index in [9.17, 15) is 4.79 Å². The largest absolute Gasteiger partial charge is 0.493 e. The Kier molecular flexibility index (Phi) is 4.54. The van der Waals surface area contributed by atoms with Crippen LogP contribution in [-0.4, -0.2) is 32.2 Å². The van der Waals surface area contributed by atoms with E-state index in [1.165, 1.54) is 0 Å². The fourth-order valence-electron chi connectivity index (χ4n) is 2.64. The molecule has 1 aromatic carbocycles. The number of benzene rings is 1. The van der Waals surface area contributed by atoms with E-state index in [2.05, 4.69) is 19.2 Å². The number of carbonyl (C=O) groups is 1. The maximum Gasteiger partial charge on any atom is 0.252 e. The van der Waals surface area contributed by atoms with Gasteiger partial charge in [0.05, 0.1) is 25.6 Å². The van der Waals surface area contributed by atoms with Gasteiger partial charge in [0.25, 0.3) is 5.91 Å². The molecule has 0 saturated carbocycles. The van der Waals surface area contributed by atoms with Gasteiger partial charge in [-0.15, -0.1) is 0 Å². The monoisotopic (exact) mass is 306 g/mol. The van der Waals surface area contributed by atoms with E-state index in [0.717, 1.165) is 17.8 Å². The Morgan fingerprint density at radius 3 is 2.32 bits per heavy atom. The minimum Gasteiger partial charge on any atom is -0.493 e. The highest BCUT2D eigenvalue weighted by Gasteiger charge is 2.39. The van der Waals surface area contributed by atoms with Gasteiger partial charge in [0, 0.05) is 18.7 Å². The number of hydrogen-bond donors (Lipinski definition) is 1. The number of nitrogens with one attached hydrogen (secondary N) is 1. The summed E-state index contributed by atoms with van der Waals surface area (Å²) in [5.74, 6) is 1.90. The summed E-state index contributed by atoms with van der Waals surface area (Å²) >= 11 is 0. The molecule has 0 saturated heterocycles. The first-order valence-electron chi connectivity index (χ1n) is 7.66. The first-order valence-corrected chi connectivity index (χ1v) is 7.66. The van der Waals surface area contributed by atoms with Crippen molar-refractivity contribution in [1.82, 2.24) is 0 Å². The normalized spacial score (nSPS) is 16.3. The molecule has 1 amide bonds. The third-order valence-corrected chi connectivity index (χ3v) is 3.95. The lowest BCUT2D eigenvalue weighted by Gasteiger charge is -2.40. The molecule has 1 heterocycles. The SMILES string of the molecule is COc1cc2c(cc1OC)N(CCC(C)C)C(=O)C(C)(C)N2. The fourth-order valence-corrected chi connectivity index (χ4v) is 2.64. The number of carbonyl (C=O) groups excluding carboxylic acids is 1. The minimum atomic E-state index is -0.635. The summed E-state index contributed by atoms with van der Waals surface area (Å²) in [4.78, 5) is 14.6. The average Bonchev–Trinajstić information content (AvgIpc) is 2.46. The van der Waals surface area contributed by atoms with E-state index in [4.69, 9.17) is 9.47 Å². The van der Waals surface area contributed by atoms with Crippen LogP contribution in [0.15, 0.2) is 12.1 Å². The molecule has 0 atom stereocenters. The topological polar surface area (TPSA) is 50.8 Å². The molecule has 1 aromatic rings. The summed E-state index contributed by atoms with van der Waals surface area (Å²) in [7, 11) is 3.21. The molecule has 0 unspecified atom stereocenters. The van der Waals surface area contributed by atoms with Crippen molar-refractivity contribution in [2.45, 2.75) is 39.7 Å². The van der Waals surface area contributed by atoms with Crippen molar-refractivity contribution in [3.8, 4) is 11.5 Å². The van der Waals surface area contributed by atoms with E-state index in [-0.39, 0.29) is 5.91 Å². The molecule has 1 aliphatic rings. The van der Waals surface area contributed by atoms with Crippen LogP contribution in [-0.2, 0) is 4.79 Å². The molecule has 0 fully saturated rings. The van der Waals surface area contributed by atoms with Gasteiger partial charge in [-0.1, -0.05) is 13.8 Å². The molecule has 5 heteroatoms. The van der Waals surface area contributed by atoms with Crippen molar-refractivity contribution in [2.24, 2.45) is 5.92 Å². The van der Waals surface area contributed by atoms with Gasteiger partial charge in [0.1, 0.15) is 5.54 Å². The number of nitrogens with zero attached hydrogens (tertiary/aromatic N) is 1. The highest BCUT2D eigenvalue weighted by atomic mass is 16.5. The van der Waals surface area contributed by atoms with Crippen molar-refractivity contribution >= 4 is 17.3 Å². The number of fused-ring (bicyclic) bond motifs is 1. The Labute approximate surface area is 132 Å². The summed E-state index contributed by atoms with van der Waals surface area (Å²) in [6, 6.07) is 3.76. The quantitative estimate of drug-likeness (QED) is 0.907. The molecule has 0 bridgehead atoms. The number of hydrogen-bond acceptors (Lipinski definition) is 4. The van der Waals surface area contributed by atoms with Crippen LogP contribution in [0.25, 0.3) is 0 Å². The molecule has 1 N–H and O–H groups in total. The van der Waals surface area contributed by atoms with Crippen molar-refractivity contribution in [3.05, 3.63) is 12.1 Å². The van der Waals surface area contributed by atoms with Crippen LogP contribution < -0.4 is 19.7 Å². The predicted octanol–water partition coefficient (Wildman–Crippen LogP) is 3.29. The molecule has 22 heavy (non-hydrogen) atoms. The smallest absolute Gasteiger partial charge is 0.252 e. The number of anilines is 2. The molecular weight excluding hydrogens is 280 g/mol. The zero-order valence-electron chi connectivity index (χ0n) is 14.3. The van der Waals surface area contributed by atoms with E-state index < -0.39 is 5.54 Å². The fraction of sp³-hybridized carbons (Fsp3) is 0.588. The predicted molar refractivity (Wildman–Crippen MR) is 89.1 cm³/mol. The Balaban J connectivity index is 2.49. The molecular formula is C17H26N2O3. The van der Waals surface area contributed by atoms with Gasteiger partial charge in [-0.25, -0.2) is 0 Å². The molecule has 2 rings (SSSR count). The maximum absolute atomic E-state index is 12.8. The summed E-state index contributed by atoms with van der Waals surface area (Å²) in [5, 5.41) is 3.30. The Hall–Kier alpha value is -1.91. The molecule has 0 aliphatic carbocycles. The lowest BCUT2D eigenvalue weighted by Crippen LogP contribution is -2.54. The molecule has 1 aliphatic heterocycles. The summed E-state index contributed by atoms with van der Waals surface area (Å²) in [5.41, 5.74) is 1.11. The van der Waals surface area contributed by atoms with Gasteiger partial charge in [0.15, 0.2) is 11.5 Å². The Morgan fingerprint density at radius 1 is 1.18 bits per heavy atom. The molecule has 0 radical (unpaired) electrons. The molecule has 122 valence electrons. The zero-order valence-corrected chi connectivity index (χ0v) is 14.3. The number of rotatable bonds is 5. The highest BCUT2D eigenvalue weighted by molar-refractivity contribution is 6.07. The van der Waals surface area contributed by atoms with Crippen molar-refractivity contribution in [2.75, 3.05) is 31.0 Å². The van der Waals surface area contributed by atoms with Gasteiger partial charge in [-0.2, -0.15) is 0 Å². The second-order valence-electron chi connectivity index (χ2n) is 6.61. The van der Waals surface area contributed by atoms with Gasteiger partial charge in [-0.05, 0) is 26.2 Å². The summed E-state index contributed by atoms with van der Waals surface area (Å²) < 4.78 is 10.7. The standard InChI is InChI=1S/C17H26N2O3/c1-11(2)7-8-19-13-10-15(22-6)14(21-5)9-12(13)18-17(3,4)16(19)20/h9-11,18H,7-8H2,1-6H3. The zero-order chi connectivity index (χ0) is 16.5. The van der Waals surface area contributed by atoms with Gasteiger partial charge < -0.3 is 19.7 Å². The van der Waals surface area contributed by atoms with E-state index in [1.807, 2.05) is 30.9 Å². The maximum atomic E-state index is 12.8. The van der Waals surface area contributed by atoms with Crippen LogP contribution in [0.4, 0.5) is 11.4 Å². The highest BCUT2D eigenvalue weighted by Crippen LogP contribution is 2.43. The number of amides is 1. The minimum absolute atomic E-state index is 0.0767. The summed E-state index contributed by atoms with van der Waals surface area (Å²) in [6.45, 7) is 8.82. The van der Waals surface area contributed by atoms with Crippen LogP contribution in [0, 0.1) is 5.92 Å². The van der Waals surface area contributed by atoms with E-state index in [0.29, 0.717) is 24.0 Å². The second kappa shape index (κ2) is 6.07. The van der Waals surface area contributed by atoms with Crippen molar-refractivity contribution in [1.29, 1.82) is 0 Å². The van der Waals surface area contributed by atoms with Gasteiger partial charge in [0.2, 0.25) is 0 Å². The second-order valence-corrected chi connectivity index (χ2v) is 6.61. The van der Waals surface area contributed by atoms with E-state index >= 15 is 0 Å². The number of methoxy groups -OCH3 is 2. The average molecular weight is 306 g/mol. The Morgan fingerprint density at radius 2 is 1.77 bits per heavy atom. The first kappa shape index (κ1) is 16.5. The van der Waals surface area contributed by atoms with Crippen LogP contribution in [0.3, 0.4) is 0 Å². The molecule has 0 aromatic heterocycles.